The minimum Gasteiger partial charge on any atom is -0.325 e. The van der Waals surface area contributed by atoms with Gasteiger partial charge in [-0.3, -0.25) is 4.79 Å². The van der Waals surface area contributed by atoms with Crippen molar-refractivity contribution in [3.8, 4) is 0 Å². The van der Waals surface area contributed by atoms with E-state index in [1.807, 2.05) is 0 Å². The number of nitrogens with one attached hydrogen (secondary N) is 1. The summed E-state index contributed by atoms with van der Waals surface area (Å²) in [6.07, 6.45) is -4.20. The Morgan fingerprint density at radius 3 is 2.69 bits per heavy atom. The molecule has 1 heterocycles. The van der Waals surface area contributed by atoms with Crippen LogP contribution in [0.15, 0.2) is 18.2 Å². The molecule has 1 amide bonds. The summed E-state index contributed by atoms with van der Waals surface area (Å²) in [7, 11) is 0. The number of para-hydroxylation sites is 1. The Morgan fingerprint density at radius 1 is 1.38 bits per heavy atom. The van der Waals surface area contributed by atoms with Crippen molar-refractivity contribution in [3.05, 3.63) is 29.3 Å². The molecule has 1 aliphatic rings. The Labute approximate surface area is 90.5 Å². The highest BCUT2D eigenvalue weighted by molar-refractivity contribution is 5.95. The van der Waals surface area contributed by atoms with Gasteiger partial charge in [-0.2, -0.15) is 13.2 Å². The summed E-state index contributed by atoms with van der Waals surface area (Å²) in [4.78, 5) is 11.2. The van der Waals surface area contributed by atoms with E-state index in [0.29, 0.717) is 5.56 Å². The van der Waals surface area contributed by atoms with E-state index in [-0.39, 0.29) is 23.9 Å². The molecule has 2 rings (SSSR count). The minimum atomic E-state index is -4.43. The summed E-state index contributed by atoms with van der Waals surface area (Å²) in [5.41, 5.74) is -0.307. The zero-order valence-electron chi connectivity index (χ0n) is 8.56. The van der Waals surface area contributed by atoms with Gasteiger partial charge in [0.15, 0.2) is 0 Å². The molecule has 1 N–H and O–H groups in total. The molecule has 0 aromatic heterocycles. The molecule has 1 aromatic carbocycles. The largest absolute Gasteiger partial charge is 0.418 e. The van der Waals surface area contributed by atoms with Crippen LogP contribution in [0, 0.1) is 0 Å². The number of alkyl halides is 3. The van der Waals surface area contributed by atoms with Gasteiger partial charge in [0.2, 0.25) is 5.91 Å². The number of hydrogen-bond donors (Lipinski definition) is 1. The van der Waals surface area contributed by atoms with E-state index in [9.17, 15) is 18.0 Å². The highest BCUT2D eigenvalue weighted by Gasteiger charge is 2.36. The number of benzene rings is 1. The first-order chi connectivity index (χ1) is 7.39. The molecule has 1 aliphatic heterocycles. The van der Waals surface area contributed by atoms with E-state index in [1.54, 1.807) is 13.0 Å². The average molecular weight is 229 g/mol. The normalized spacial score (nSPS) is 20.2. The second kappa shape index (κ2) is 3.50. The lowest BCUT2D eigenvalue weighted by molar-refractivity contribution is -0.137. The summed E-state index contributed by atoms with van der Waals surface area (Å²) >= 11 is 0. The predicted molar refractivity (Wildman–Crippen MR) is 53.1 cm³/mol. The Morgan fingerprint density at radius 2 is 2.06 bits per heavy atom. The first kappa shape index (κ1) is 11.0. The van der Waals surface area contributed by atoms with E-state index in [0.717, 1.165) is 6.07 Å². The molecule has 1 unspecified atom stereocenters. The van der Waals surface area contributed by atoms with Crippen molar-refractivity contribution in [2.75, 3.05) is 5.32 Å². The quantitative estimate of drug-likeness (QED) is 0.727. The van der Waals surface area contributed by atoms with E-state index in [4.69, 9.17) is 0 Å². The van der Waals surface area contributed by atoms with Crippen molar-refractivity contribution in [3.63, 3.8) is 0 Å². The van der Waals surface area contributed by atoms with Crippen LogP contribution in [0.2, 0.25) is 0 Å². The first-order valence-electron chi connectivity index (χ1n) is 4.89. The van der Waals surface area contributed by atoms with Crippen molar-refractivity contribution in [1.29, 1.82) is 0 Å². The highest BCUT2D eigenvalue weighted by atomic mass is 19.4. The number of fused-ring (bicyclic) bond motifs is 1. The third-order valence-electron chi connectivity index (χ3n) is 2.69. The predicted octanol–water partition coefficient (Wildman–Crippen LogP) is 3.15. The minimum absolute atomic E-state index is 0.0845. The number of rotatable bonds is 0. The van der Waals surface area contributed by atoms with Gasteiger partial charge in [0.25, 0.3) is 0 Å². The molecule has 0 saturated heterocycles. The first-order valence-corrected chi connectivity index (χ1v) is 4.89. The Balaban J connectivity index is 2.59. The molecule has 5 heteroatoms. The second-order valence-corrected chi connectivity index (χ2v) is 3.92. The maximum Gasteiger partial charge on any atom is 0.418 e. The van der Waals surface area contributed by atoms with Crippen molar-refractivity contribution < 1.29 is 18.0 Å². The van der Waals surface area contributed by atoms with Crippen LogP contribution in [-0.4, -0.2) is 5.91 Å². The molecular weight excluding hydrogens is 219 g/mol. The SMILES string of the molecule is CC1CC(=O)Nc2c1cccc2C(F)(F)F. The average Bonchev–Trinajstić information content (AvgIpc) is 2.15. The number of halogens is 3. The molecule has 86 valence electrons. The highest BCUT2D eigenvalue weighted by Crippen LogP contribution is 2.41. The maximum atomic E-state index is 12.7. The molecule has 0 bridgehead atoms. The third-order valence-corrected chi connectivity index (χ3v) is 2.69. The third kappa shape index (κ3) is 1.77. The van der Waals surface area contributed by atoms with Crippen LogP contribution in [0.4, 0.5) is 18.9 Å². The van der Waals surface area contributed by atoms with Crippen LogP contribution in [0.25, 0.3) is 0 Å². The van der Waals surface area contributed by atoms with Crippen LogP contribution in [0.1, 0.15) is 30.4 Å². The summed E-state index contributed by atoms with van der Waals surface area (Å²) in [6.45, 7) is 1.75. The Bertz CT molecular complexity index is 439. The number of anilines is 1. The monoisotopic (exact) mass is 229 g/mol. The fourth-order valence-electron chi connectivity index (χ4n) is 1.94. The molecule has 2 nitrogen and oxygen atoms in total. The summed E-state index contributed by atoms with van der Waals surface area (Å²) in [5.74, 6) is -0.539. The number of carbonyl (C=O) groups is 1. The fraction of sp³-hybridized carbons (Fsp3) is 0.364. The number of amides is 1. The van der Waals surface area contributed by atoms with Crippen LogP contribution in [-0.2, 0) is 11.0 Å². The fourth-order valence-corrected chi connectivity index (χ4v) is 1.94. The lowest BCUT2D eigenvalue weighted by atomic mass is 9.90. The van der Waals surface area contributed by atoms with Gasteiger partial charge in [0.1, 0.15) is 0 Å². The van der Waals surface area contributed by atoms with Crippen LogP contribution in [0.5, 0.6) is 0 Å². The Hall–Kier alpha value is -1.52. The number of carbonyl (C=O) groups excluding carboxylic acids is 1. The van der Waals surface area contributed by atoms with E-state index in [1.165, 1.54) is 6.07 Å². The van der Waals surface area contributed by atoms with Crippen molar-refractivity contribution in [2.24, 2.45) is 0 Å². The van der Waals surface area contributed by atoms with E-state index in [2.05, 4.69) is 5.32 Å². The van der Waals surface area contributed by atoms with Crippen LogP contribution in [0.3, 0.4) is 0 Å². The topological polar surface area (TPSA) is 29.1 Å². The molecule has 0 aliphatic carbocycles. The van der Waals surface area contributed by atoms with Gasteiger partial charge in [-0.25, -0.2) is 0 Å². The Kier molecular flexibility index (Phi) is 2.40. The molecule has 0 radical (unpaired) electrons. The van der Waals surface area contributed by atoms with Gasteiger partial charge in [0.05, 0.1) is 11.3 Å². The van der Waals surface area contributed by atoms with Crippen molar-refractivity contribution >= 4 is 11.6 Å². The molecule has 0 spiro atoms. The van der Waals surface area contributed by atoms with E-state index < -0.39 is 11.7 Å². The summed E-state index contributed by atoms with van der Waals surface area (Å²) in [5, 5.41) is 2.31. The molecule has 16 heavy (non-hydrogen) atoms. The smallest absolute Gasteiger partial charge is 0.325 e. The van der Waals surface area contributed by atoms with Crippen molar-refractivity contribution in [1.82, 2.24) is 0 Å². The van der Waals surface area contributed by atoms with Crippen LogP contribution < -0.4 is 5.32 Å². The molecule has 1 atom stereocenters. The molecule has 1 aromatic rings. The van der Waals surface area contributed by atoms with Gasteiger partial charge in [-0.05, 0) is 17.5 Å². The van der Waals surface area contributed by atoms with Crippen molar-refractivity contribution in [2.45, 2.75) is 25.4 Å². The van der Waals surface area contributed by atoms with Gasteiger partial charge >= 0.3 is 6.18 Å². The molecule has 0 fully saturated rings. The van der Waals surface area contributed by atoms with Gasteiger partial charge < -0.3 is 5.32 Å². The summed E-state index contributed by atoms with van der Waals surface area (Å²) in [6, 6.07) is 3.97. The lowest BCUT2D eigenvalue weighted by Gasteiger charge is -2.25. The number of hydrogen-bond acceptors (Lipinski definition) is 1. The van der Waals surface area contributed by atoms with E-state index >= 15 is 0 Å². The van der Waals surface area contributed by atoms with Crippen LogP contribution >= 0.6 is 0 Å². The van der Waals surface area contributed by atoms with Gasteiger partial charge in [-0.15, -0.1) is 0 Å². The zero-order chi connectivity index (χ0) is 11.9. The lowest BCUT2D eigenvalue weighted by Crippen LogP contribution is -2.24. The summed E-state index contributed by atoms with van der Waals surface area (Å²) < 4.78 is 38.0. The molecular formula is C11H10F3NO. The standard InChI is InChI=1S/C11H10F3NO/c1-6-5-9(16)15-10-7(6)3-2-4-8(10)11(12,13)14/h2-4,6H,5H2,1H3,(H,15,16). The zero-order valence-corrected chi connectivity index (χ0v) is 8.56. The van der Waals surface area contributed by atoms with Gasteiger partial charge in [-0.1, -0.05) is 19.1 Å². The van der Waals surface area contributed by atoms with Gasteiger partial charge in [0, 0.05) is 6.42 Å². The maximum absolute atomic E-state index is 12.7. The molecule has 0 saturated carbocycles. The second-order valence-electron chi connectivity index (χ2n) is 3.92.